The molecule has 21 heavy (non-hydrogen) atoms. The molecule has 1 atom stereocenters. The molecule has 1 aliphatic rings. The van der Waals surface area contributed by atoms with E-state index in [0.29, 0.717) is 6.04 Å². The average Bonchev–Trinajstić information content (AvgIpc) is 2.54. The van der Waals surface area contributed by atoms with Crippen molar-refractivity contribution < 1.29 is 0 Å². The lowest BCUT2D eigenvalue weighted by molar-refractivity contribution is 0.599. The molecule has 0 amide bonds. The van der Waals surface area contributed by atoms with Crippen LogP contribution in [0.15, 0.2) is 66.1 Å². The predicted molar refractivity (Wildman–Crippen MR) is 93.1 cm³/mol. The molecule has 0 aliphatic heterocycles. The van der Waals surface area contributed by atoms with E-state index < -0.39 is 0 Å². The number of benzene rings is 2. The topological polar surface area (TPSA) is 12.0 Å². The van der Waals surface area contributed by atoms with Gasteiger partial charge in [0.15, 0.2) is 0 Å². The quantitative estimate of drug-likeness (QED) is 0.581. The van der Waals surface area contributed by atoms with Crippen molar-refractivity contribution in [3.8, 4) is 0 Å². The second kappa shape index (κ2) is 6.86. The molecule has 2 heteroatoms. The Labute approximate surface area is 131 Å². The molecule has 0 radical (unpaired) electrons. The van der Waals surface area contributed by atoms with Crippen LogP contribution in [0.3, 0.4) is 0 Å². The molecule has 0 aromatic heterocycles. The highest BCUT2D eigenvalue weighted by molar-refractivity contribution is 7.99. The van der Waals surface area contributed by atoms with Gasteiger partial charge in [0, 0.05) is 16.3 Å². The van der Waals surface area contributed by atoms with Crippen molar-refractivity contribution in [3.05, 3.63) is 72.3 Å². The SMILES string of the molecule is C=CCSc1ccccc1NC1CCCc2ccccc21. The van der Waals surface area contributed by atoms with E-state index in [1.807, 2.05) is 17.8 Å². The summed E-state index contributed by atoms with van der Waals surface area (Å²) in [4.78, 5) is 1.31. The Hall–Kier alpha value is -1.67. The van der Waals surface area contributed by atoms with Crippen molar-refractivity contribution in [1.29, 1.82) is 0 Å². The lowest BCUT2D eigenvalue weighted by Crippen LogP contribution is -2.17. The first kappa shape index (κ1) is 14.3. The van der Waals surface area contributed by atoms with E-state index in [0.717, 1.165) is 5.75 Å². The van der Waals surface area contributed by atoms with Gasteiger partial charge >= 0.3 is 0 Å². The van der Waals surface area contributed by atoms with E-state index in [4.69, 9.17) is 0 Å². The van der Waals surface area contributed by atoms with Crippen molar-refractivity contribution in [2.45, 2.75) is 30.2 Å². The van der Waals surface area contributed by atoms with E-state index in [1.54, 1.807) is 0 Å². The second-order valence-electron chi connectivity index (χ2n) is 5.38. The Morgan fingerprint density at radius 2 is 1.95 bits per heavy atom. The van der Waals surface area contributed by atoms with Crippen LogP contribution in [0.25, 0.3) is 0 Å². The first-order valence-corrected chi connectivity index (χ1v) is 8.54. The molecule has 1 unspecified atom stereocenters. The van der Waals surface area contributed by atoms with Gasteiger partial charge in [0.1, 0.15) is 0 Å². The molecule has 1 aliphatic carbocycles. The summed E-state index contributed by atoms with van der Waals surface area (Å²) in [6, 6.07) is 17.8. The van der Waals surface area contributed by atoms with Gasteiger partial charge in [-0.15, -0.1) is 18.3 Å². The third-order valence-electron chi connectivity index (χ3n) is 3.94. The molecule has 0 fully saturated rings. The predicted octanol–water partition coefficient (Wildman–Crippen LogP) is 5.45. The smallest absolute Gasteiger partial charge is 0.0517 e. The third-order valence-corrected chi connectivity index (χ3v) is 5.01. The number of aryl methyl sites for hydroxylation is 1. The fourth-order valence-corrected chi connectivity index (χ4v) is 3.71. The van der Waals surface area contributed by atoms with Crippen LogP contribution in [0.2, 0.25) is 0 Å². The van der Waals surface area contributed by atoms with E-state index in [-0.39, 0.29) is 0 Å². The second-order valence-corrected chi connectivity index (χ2v) is 6.45. The van der Waals surface area contributed by atoms with Crippen molar-refractivity contribution in [3.63, 3.8) is 0 Å². The molecule has 108 valence electrons. The molecule has 0 saturated heterocycles. The molecular formula is C19H21NS. The maximum Gasteiger partial charge on any atom is 0.0517 e. The number of thioether (sulfide) groups is 1. The van der Waals surface area contributed by atoms with Crippen molar-refractivity contribution in [2.75, 3.05) is 11.1 Å². The Morgan fingerprint density at radius 3 is 2.86 bits per heavy atom. The number of fused-ring (bicyclic) bond motifs is 1. The standard InChI is InChI=1S/C19H21NS/c1-2-14-21-19-13-6-5-11-18(19)20-17-12-7-9-15-8-3-4-10-16(15)17/h2-6,8,10-11,13,17,20H,1,7,9,12,14H2. The molecule has 1 nitrogen and oxygen atoms in total. The summed E-state index contributed by atoms with van der Waals surface area (Å²) >= 11 is 1.84. The lowest BCUT2D eigenvalue weighted by Gasteiger charge is -2.28. The molecule has 0 saturated carbocycles. The maximum absolute atomic E-state index is 3.81. The van der Waals surface area contributed by atoms with Gasteiger partial charge < -0.3 is 5.32 Å². The first-order chi connectivity index (χ1) is 10.4. The first-order valence-electron chi connectivity index (χ1n) is 7.55. The maximum atomic E-state index is 3.81. The van der Waals surface area contributed by atoms with Crippen LogP contribution in [-0.4, -0.2) is 5.75 Å². The van der Waals surface area contributed by atoms with Crippen LogP contribution in [0.5, 0.6) is 0 Å². The van der Waals surface area contributed by atoms with Crippen molar-refractivity contribution in [1.82, 2.24) is 0 Å². The molecular weight excluding hydrogens is 274 g/mol. The highest BCUT2D eigenvalue weighted by atomic mass is 32.2. The van der Waals surface area contributed by atoms with Gasteiger partial charge in [0.25, 0.3) is 0 Å². The number of hydrogen-bond donors (Lipinski definition) is 1. The van der Waals surface area contributed by atoms with E-state index in [2.05, 4.69) is 60.4 Å². The van der Waals surface area contributed by atoms with Crippen LogP contribution >= 0.6 is 11.8 Å². The summed E-state index contributed by atoms with van der Waals surface area (Å²) in [7, 11) is 0. The number of rotatable bonds is 5. The molecule has 2 aromatic rings. The summed E-state index contributed by atoms with van der Waals surface area (Å²) < 4.78 is 0. The summed E-state index contributed by atoms with van der Waals surface area (Å²) in [5.74, 6) is 0.944. The largest absolute Gasteiger partial charge is 0.377 e. The zero-order valence-electron chi connectivity index (χ0n) is 12.2. The number of hydrogen-bond acceptors (Lipinski definition) is 2. The minimum Gasteiger partial charge on any atom is -0.377 e. The monoisotopic (exact) mass is 295 g/mol. The zero-order valence-corrected chi connectivity index (χ0v) is 13.0. The van der Waals surface area contributed by atoms with Gasteiger partial charge in [0.2, 0.25) is 0 Å². The van der Waals surface area contributed by atoms with Crippen LogP contribution in [0.4, 0.5) is 5.69 Å². The van der Waals surface area contributed by atoms with Crippen molar-refractivity contribution >= 4 is 17.4 Å². The third kappa shape index (κ3) is 3.33. The normalized spacial score (nSPS) is 17.0. The average molecular weight is 295 g/mol. The van der Waals surface area contributed by atoms with Crippen LogP contribution in [0.1, 0.15) is 30.0 Å². The number of anilines is 1. The number of nitrogens with one attached hydrogen (secondary N) is 1. The molecule has 3 rings (SSSR count). The molecule has 1 N–H and O–H groups in total. The van der Waals surface area contributed by atoms with Gasteiger partial charge in [-0.1, -0.05) is 42.5 Å². The highest BCUT2D eigenvalue weighted by Crippen LogP contribution is 2.35. The van der Waals surface area contributed by atoms with E-state index in [1.165, 1.54) is 41.0 Å². The fourth-order valence-electron chi connectivity index (χ4n) is 2.95. The zero-order chi connectivity index (χ0) is 14.5. The van der Waals surface area contributed by atoms with Gasteiger partial charge in [-0.2, -0.15) is 0 Å². The Morgan fingerprint density at radius 1 is 1.14 bits per heavy atom. The van der Waals surface area contributed by atoms with Gasteiger partial charge in [-0.25, -0.2) is 0 Å². The molecule has 0 heterocycles. The lowest BCUT2D eigenvalue weighted by atomic mass is 9.87. The fraction of sp³-hybridized carbons (Fsp3) is 0.263. The van der Waals surface area contributed by atoms with Gasteiger partial charge in [-0.3, -0.25) is 0 Å². The Bertz CT molecular complexity index is 620. The van der Waals surface area contributed by atoms with Crippen LogP contribution in [0, 0.1) is 0 Å². The minimum atomic E-state index is 0.431. The molecule has 0 spiro atoms. The van der Waals surface area contributed by atoms with Crippen LogP contribution in [-0.2, 0) is 6.42 Å². The highest BCUT2D eigenvalue weighted by Gasteiger charge is 2.20. The number of para-hydroxylation sites is 1. The van der Waals surface area contributed by atoms with Gasteiger partial charge in [-0.05, 0) is 42.5 Å². The van der Waals surface area contributed by atoms with Crippen LogP contribution < -0.4 is 5.32 Å². The van der Waals surface area contributed by atoms with E-state index in [9.17, 15) is 0 Å². The molecule has 2 aromatic carbocycles. The van der Waals surface area contributed by atoms with Crippen molar-refractivity contribution in [2.24, 2.45) is 0 Å². The summed E-state index contributed by atoms with van der Waals surface area (Å²) in [5.41, 5.74) is 4.20. The van der Waals surface area contributed by atoms with Gasteiger partial charge in [0.05, 0.1) is 6.04 Å². The molecule has 0 bridgehead atoms. The minimum absolute atomic E-state index is 0.431. The summed E-state index contributed by atoms with van der Waals surface area (Å²) in [6.07, 6.45) is 5.63. The summed E-state index contributed by atoms with van der Waals surface area (Å²) in [5, 5.41) is 3.76. The Kier molecular flexibility index (Phi) is 4.66. The summed E-state index contributed by atoms with van der Waals surface area (Å²) in [6.45, 7) is 3.81. The van der Waals surface area contributed by atoms with E-state index >= 15 is 0 Å². The Balaban J connectivity index is 1.83.